The number of hydrogen-bond acceptors (Lipinski definition) is 5. The van der Waals surface area contributed by atoms with E-state index in [1.54, 1.807) is 6.92 Å². The Kier molecular flexibility index (Phi) is 5.77. The van der Waals surface area contributed by atoms with Gasteiger partial charge in [0.2, 0.25) is 0 Å². The smallest absolute Gasteiger partial charge is 0.383 e. The number of rotatable bonds is 5. The summed E-state index contributed by atoms with van der Waals surface area (Å²) in [5.74, 6) is -4.10. The molecule has 24 heavy (non-hydrogen) atoms. The summed E-state index contributed by atoms with van der Waals surface area (Å²) in [6, 6.07) is 5.28. The zero-order valence-corrected chi connectivity index (χ0v) is 13.8. The zero-order chi connectivity index (χ0) is 18.7. The molecule has 0 radical (unpaired) electrons. The third kappa shape index (κ3) is 5.08. The monoisotopic (exact) mass is 364 g/mol. The highest BCUT2D eigenvalue weighted by molar-refractivity contribution is 7.90. The first-order valence-electron chi connectivity index (χ1n) is 6.48. The Bertz CT molecular complexity index is 766. The number of carbonyl (C=O) groups is 2. The van der Waals surface area contributed by atoms with Crippen LogP contribution in [-0.4, -0.2) is 45.3 Å². The van der Waals surface area contributed by atoms with Crippen molar-refractivity contribution in [2.24, 2.45) is 0 Å². The highest BCUT2D eigenvalue weighted by Gasteiger charge is 2.43. The molecule has 0 saturated carbocycles. The quantitative estimate of drug-likeness (QED) is 0.485. The molecule has 0 aliphatic heterocycles. The minimum absolute atomic E-state index is 0.315. The Labute approximate surface area is 137 Å². The summed E-state index contributed by atoms with van der Waals surface area (Å²) >= 11 is 0. The van der Waals surface area contributed by atoms with E-state index in [2.05, 4.69) is 0 Å². The average molecular weight is 364 g/mol. The van der Waals surface area contributed by atoms with Gasteiger partial charge in [-0.05, 0) is 19.1 Å². The van der Waals surface area contributed by atoms with Gasteiger partial charge in [-0.2, -0.15) is 13.2 Å². The topological polar surface area (TPSA) is 83.6 Å². The molecule has 1 amide bonds. The summed E-state index contributed by atoms with van der Waals surface area (Å²) < 4.78 is 63.3. The molecule has 0 aliphatic rings. The van der Waals surface area contributed by atoms with Gasteiger partial charge in [-0.3, -0.25) is 9.59 Å². The van der Waals surface area contributed by atoms with E-state index in [-0.39, 0.29) is 4.90 Å². The van der Waals surface area contributed by atoms with Gasteiger partial charge in [-0.25, -0.2) is 13.1 Å². The maximum atomic E-state index is 12.6. The van der Waals surface area contributed by atoms with Crippen molar-refractivity contribution in [1.29, 1.82) is 0 Å². The molecule has 1 aromatic carbocycles. The number of alkyl halides is 3. The predicted octanol–water partition coefficient (Wildman–Crippen LogP) is 1.38. The number of aryl methyl sites for hydroxylation is 1. The number of nitrogens with zero attached hydrogens (tertiary/aromatic N) is 1. The van der Waals surface area contributed by atoms with Crippen molar-refractivity contribution >= 4 is 21.7 Å². The molecule has 0 aromatic heterocycles. The van der Waals surface area contributed by atoms with Crippen LogP contribution in [0.15, 0.2) is 40.9 Å². The average Bonchev–Trinajstić information content (AvgIpc) is 2.42. The summed E-state index contributed by atoms with van der Waals surface area (Å²) in [4.78, 5) is 24.0. The fourth-order valence-corrected chi connectivity index (χ4v) is 2.55. The van der Waals surface area contributed by atoms with Gasteiger partial charge in [0, 0.05) is 20.3 Å². The van der Waals surface area contributed by atoms with Gasteiger partial charge in [-0.1, -0.05) is 17.7 Å². The minimum Gasteiger partial charge on any atom is -0.383 e. The SMILES string of the molecule is Cc1ccc(S(=O)(=O)NC(=O)/C(=C\N(C)C)C(=O)C(F)(F)F)cc1. The van der Waals surface area contributed by atoms with Crippen LogP contribution in [0.5, 0.6) is 0 Å². The number of halogens is 3. The first-order valence-corrected chi connectivity index (χ1v) is 7.96. The second-order valence-corrected chi connectivity index (χ2v) is 6.76. The molecule has 0 bridgehead atoms. The Hall–Kier alpha value is -2.36. The zero-order valence-electron chi connectivity index (χ0n) is 13.0. The van der Waals surface area contributed by atoms with Crippen molar-refractivity contribution in [2.45, 2.75) is 18.0 Å². The fourth-order valence-electron chi connectivity index (χ4n) is 1.58. The van der Waals surface area contributed by atoms with Crippen LogP contribution in [0, 0.1) is 6.92 Å². The second kappa shape index (κ2) is 7.04. The van der Waals surface area contributed by atoms with Crippen LogP contribution < -0.4 is 4.72 Å². The predicted molar refractivity (Wildman–Crippen MR) is 79.3 cm³/mol. The molecule has 1 N–H and O–H groups in total. The Morgan fingerprint density at radius 1 is 1.12 bits per heavy atom. The third-order valence-corrected chi connectivity index (χ3v) is 4.04. The van der Waals surface area contributed by atoms with Gasteiger partial charge in [0.05, 0.1) is 4.90 Å². The molecule has 0 spiro atoms. The molecule has 0 fully saturated rings. The molecule has 0 saturated heterocycles. The van der Waals surface area contributed by atoms with Crippen molar-refractivity contribution < 1.29 is 31.2 Å². The number of carbonyl (C=O) groups excluding carboxylic acids is 2. The van der Waals surface area contributed by atoms with E-state index in [1.165, 1.54) is 43.1 Å². The molecule has 10 heteroatoms. The number of Topliss-reactive ketones (excluding diaryl/α,β-unsaturated/α-hetero) is 1. The lowest BCUT2D eigenvalue weighted by Gasteiger charge is -2.13. The van der Waals surface area contributed by atoms with E-state index in [1.807, 2.05) is 0 Å². The number of nitrogens with one attached hydrogen (secondary N) is 1. The van der Waals surface area contributed by atoms with E-state index in [0.717, 1.165) is 10.5 Å². The van der Waals surface area contributed by atoms with Gasteiger partial charge in [0.25, 0.3) is 21.7 Å². The first kappa shape index (κ1) is 19.7. The normalized spacial score (nSPS) is 12.7. The molecule has 1 rings (SSSR count). The van der Waals surface area contributed by atoms with Crippen molar-refractivity contribution in [3.8, 4) is 0 Å². The van der Waals surface area contributed by atoms with Crippen LogP contribution in [0.4, 0.5) is 13.2 Å². The fraction of sp³-hybridized carbons (Fsp3) is 0.286. The molecular weight excluding hydrogens is 349 g/mol. The van der Waals surface area contributed by atoms with Gasteiger partial charge >= 0.3 is 6.18 Å². The van der Waals surface area contributed by atoms with E-state index in [0.29, 0.717) is 6.20 Å². The van der Waals surface area contributed by atoms with Gasteiger partial charge in [0.1, 0.15) is 5.57 Å². The van der Waals surface area contributed by atoms with E-state index in [4.69, 9.17) is 0 Å². The largest absolute Gasteiger partial charge is 0.455 e. The molecule has 132 valence electrons. The van der Waals surface area contributed by atoms with Crippen molar-refractivity contribution in [1.82, 2.24) is 9.62 Å². The first-order chi connectivity index (χ1) is 10.8. The number of sulfonamides is 1. The summed E-state index contributed by atoms with van der Waals surface area (Å²) in [6.45, 7) is 1.70. The lowest BCUT2D eigenvalue weighted by Crippen LogP contribution is -2.38. The van der Waals surface area contributed by atoms with Gasteiger partial charge in [-0.15, -0.1) is 0 Å². The number of benzene rings is 1. The molecule has 1 aromatic rings. The van der Waals surface area contributed by atoms with Crippen LogP contribution in [0.1, 0.15) is 5.56 Å². The van der Waals surface area contributed by atoms with E-state index in [9.17, 15) is 31.2 Å². The Morgan fingerprint density at radius 2 is 1.62 bits per heavy atom. The molecule has 0 unspecified atom stereocenters. The molecule has 0 heterocycles. The van der Waals surface area contributed by atoms with Crippen LogP contribution >= 0.6 is 0 Å². The lowest BCUT2D eigenvalue weighted by atomic mass is 10.1. The summed E-state index contributed by atoms with van der Waals surface area (Å²) in [7, 11) is -1.85. The third-order valence-electron chi connectivity index (χ3n) is 2.69. The standard InChI is InChI=1S/C14H15F3N2O4S/c1-9-4-6-10(7-5-9)24(22,23)18-13(21)11(8-19(2)3)12(20)14(15,16)17/h4-8H,1-3H3,(H,18,21)/b11-8-. The lowest BCUT2D eigenvalue weighted by molar-refractivity contribution is -0.167. The summed E-state index contributed by atoms with van der Waals surface area (Å²) in [5, 5.41) is 0. The minimum atomic E-state index is -5.31. The van der Waals surface area contributed by atoms with E-state index < -0.39 is 33.5 Å². The van der Waals surface area contributed by atoms with Crippen molar-refractivity contribution in [3.63, 3.8) is 0 Å². The molecule has 0 aliphatic carbocycles. The summed E-state index contributed by atoms with van der Waals surface area (Å²) in [5.41, 5.74) is -0.580. The van der Waals surface area contributed by atoms with Crippen molar-refractivity contribution in [3.05, 3.63) is 41.6 Å². The van der Waals surface area contributed by atoms with Crippen molar-refractivity contribution in [2.75, 3.05) is 14.1 Å². The maximum absolute atomic E-state index is 12.6. The van der Waals surface area contributed by atoms with Crippen LogP contribution in [0.3, 0.4) is 0 Å². The Morgan fingerprint density at radius 3 is 2.04 bits per heavy atom. The molecular formula is C14H15F3N2O4S. The second-order valence-electron chi connectivity index (χ2n) is 5.08. The summed E-state index contributed by atoms with van der Waals surface area (Å²) in [6.07, 6.45) is -4.71. The molecule has 0 atom stereocenters. The van der Waals surface area contributed by atoms with Crippen LogP contribution in [0.2, 0.25) is 0 Å². The van der Waals surface area contributed by atoms with E-state index >= 15 is 0 Å². The van der Waals surface area contributed by atoms with Crippen LogP contribution in [-0.2, 0) is 19.6 Å². The highest BCUT2D eigenvalue weighted by atomic mass is 32.2. The maximum Gasteiger partial charge on any atom is 0.455 e. The van der Waals surface area contributed by atoms with Crippen LogP contribution in [0.25, 0.3) is 0 Å². The van der Waals surface area contributed by atoms with Gasteiger partial charge < -0.3 is 4.90 Å². The van der Waals surface area contributed by atoms with Gasteiger partial charge in [0.15, 0.2) is 0 Å². The molecule has 6 nitrogen and oxygen atoms in total. The number of ketones is 1. The highest BCUT2D eigenvalue weighted by Crippen LogP contribution is 2.21. The Balaban J connectivity index is 3.17. The number of hydrogen-bond donors (Lipinski definition) is 1. The number of amides is 1.